The van der Waals surface area contributed by atoms with Crippen LogP contribution in [0.2, 0.25) is 0 Å². The molecule has 7 heteroatoms. The van der Waals surface area contributed by atoms with Crippen LogP contribution >= 0.6 is 0 Å². The van der Waals surface area contributed by atoms with Gasteiger partial charge in [-0.2, -0.15) is 5.10 Å². The first-order valence-electron chi connectivity index (χ1n) is 8.13. The zero-order chi connectivity index (χ0) is 17.6. The normalized spacial score (nSPS) is 12.1. The SMILES string of the molecule is Cc1cc(NC(=O)[C@@H](C)NCc2cccc(Cn3cccn3)c2)no1. The molecule has 25 heavy (non-hydrogen) atoms. The highest BCUT2D eigenvalue weighted by Crippen LogP contribution is 2.09. The first kappa shape index (κ1) is 16.9. The van der Waals surface area contributed by atoms with E-state index < -0.39 is 0 Å². The second-order valence-corrected chi connectivity index (χ2v) is 5.94. The molecule has 0 bridgehead atoms. The Labute approximate surface area is 146 Å². The minimum absolute atomic E-state index is 0.152. The summed E-state index contributed by atoms with van der Waals surface area (Å²) < 4.78 is 6.82. The number of aromatic nitrogens is 3. The van der Waals surface area contributed by atoms with Crippen molar-refractivity contribution in [1.82, 2.24) is 20.3 Å². The lowest BCUT2D eigenvalue weighted by Gasteiger charge is -2.13. The van der Waals surface area contributed by atoms with E-state index in [4.69, 9.17) is 4.52 Å². The molecule has 0 aliphatic heterocycles. The highest BCUT2D eigenvalue weighted by atomic mass is 16.5. The smallest absolute Gasteiger partial charge is 0.242 e. The number of benzene rings is 1. The number of anilines is 1. The van der Waals surface area contributed by atoms with Crippen molar-refractivity contribution in [3.63, 3.8) is 0 Å². The van der Waals surface area contributed by atoms with Crippen molar-refractivity contribution in [1.29, 1.82) is 0 Å². The molecule has 0 saturated carbocycles. The van der Waals surface area contributed by atoms with Crippen molar-refractivity contribution in [3.8, 4) is 0 Å². The maximum atomic E-state index is 12.2. The van der Waals surface area contributed by atoms with Gasteiger partial charge in [-0.25, -0.2) is 0 Å². The van der Waals surface area contributed by atoms with E-state index in [0.717, 1.165) is 17.7 Å². The molecular weight excluding hydrogens is 318 g/mol. The maximum absolute atomic E-state index is 12.2. The van der Waals surface area contributed by atoms with Crippen LogP contribution in [0.1, 0.15) is 23.8 Å². The minimum atomic E-state index is -0.355. The number of nitrogens with zero attached hydrogens (tertiary/aromatic N) is 3. The summed E-state index contributed by atoms with van der Waals surface area (Å²) >= 11 is 0. The molecule has 0 saturated heterocycles. The van der Waals surface area contributed by atoms with Gasteiger partial charge < -0.3 is 15.2 Å². The summed E-state index contributed by atoms with van der Waals surface area (Å²) in [6.45, 7) is 4.91. The fraction of sp³-hybridized carbons (Fsp3) is 0.278. The summed E-state index contributed by atoms with van der Waals surface area (Å²) in [7, 11) is 0. The molecule has 0 fully saturated rings. The van der Waals surface area contributed by atoms with Gasteiger partial charge in [0.2, 0.25) is 5.91 Å². The van der Waals surface area contributed by atoms with Crippen molar-refractivity contribution in [2.24, 2.45) is 0 Å². The van der Waals surface area contributed by atoms with Crippen LogP contribution in [-0.2, 0) is 17.9 Å². The third-order valence-corrected chi connectivity index (χ3v) is 3.78. The molecule has 2 aromatic heterocycles. The van der Waals surface area contributed by atoms with Gasteiger partial charge >= 0.3 is 0 Å². The van der Waals surface area contributed by atoms with Crippen molar-refractivity contribution < 1.29 is 9.32 Å². The fourth-order valence-electron chi connectivity index (χ4n) is 2.44. The number of carbonyl (C=O) groups is 1. The summed E-state index contributed by atoms with van der Waals surface area (Å²) in [5, 5.41) is 13.9. The topological polar surface area (TPSA) is 85.0 Å². The maximum Gasteiger partial charge on any atom is 0.242 e. The lowest BCUT2D eigenvalue weighted by Crippen LogP contribution is -2.37. The van der Waals surface area contributed by atoms with E-state index in [1.807, 2.05) is 36.0 Å². The minimum Gasteiger partial charge on any atom is -0.360 e. The first-order valence-corrected chi connectivity index (χ1v) is 8.13. The summed E-state index contributed by atoms with van der Waals surface area (Å²) in [5.41, 5.74) is 2.28. The Morgan fingerprint density at radius 1 is 1.28 bits per heavy atom. The molecule has 1 aromatic carbocycles. The van der Waals surface area contributed by atoms with E-state index in [-0.39, 0.29) is 11.9 Å². The lowest BCUT2D eigenvalue weighted by atomic mass is 10.1. The van der Waals surface area contributed by atoms with E-state index in [1.165, 1.54) is 0 Å². The van der Waals surface area contributed by atoms with Crippen LogP contribution in [-0.4, -0.2) is 26.9 Å². The molecular formula is C18H21N5O2. The number of amides is 1. The van der Waals surface area contributed by atoms with E-state index >= 15 is 0 Å². The second kappa shape index (κ2) is 7.76. The molecule has 1 atom stereocenters. The Kier molecular flexibility index (Phi) is 5.25. The van der Waals surface area contributed by atoms with E-state index in [1.54, 1.807) is 19.2 Å². The van der Waals surface area contributed by atoms with Crippen LogP contribution in [0.5, 0.6) is 0 Å². The second-order valence-electron chi connectivity index (χ2n) is 5.94. The number of hydrogen-bond donors (Lipinski definition) is 2. The van der Waals surface area contributed by atoms with Crippen LogP contribution in [0, 0.1) is 6.92 Å². The van der Waals surface area contributed by atoms with Crippen LogP contribution in [0.4, 0.5) is 5.82 Å². The molecule has 0 spiro atoms. The number of hydrogen-bond acceptors (Lipinski definition) is 5. The van der Waals surface area contributed by atoms with Crippen molar-refractivity contribution in [2.45, 2.75) is 33.0 Å². The molecule has 0 radical (unpaired) electrons. The standard InChI is InChI=1S/C18H21N5O2/c1-13-9-17(22-25-13)21-18(24)14(2)19-11-15-5-3-6-16(10-15)12-23-8-4-7-20-23/h3-10,14,19H,11-12H2,1-2H3,(H,21,22,24)/t14-/m1/s1. The lowest BCUT2D eigenvalue weighted by molar-refractivity contribution is -0.117. The van der Waals surface area contributed by atoms with Crippen molar-refractivity contribution >= 4 is 11.7 Å². The molecule has 0 unspecified atom stereocenters. The summed E-state index contributed by atoms with van der Waals surface area (Å²) in [4.78, 5) is 12.2. The first-order chi connectivity index (χ1) is 12.1. The highest BCUT2D eigenvalue weighted by molar-refractivity contribution is 5.93. The monoisotopic (exact) mass is 339 g/mol. The van der Waals surface area contributed by atoms with Crippen molar-refractivity contribution in [3.05, 3.63) is 65.7 Å². The predicted octanol–water partition coefficient (Wildman–Crippen LogP) is 2.34. The van der Waals surface area contributed by atoms with Gasteiger partial charge in [-0.15, -0.1) is 0 Å². The van der Waals surface area contributed by atoms with E-state index in [0.29, 0.717) is 18.1 Å². The number of aryl methyl sites for hydroxylation is 1. The van der Waals surface area contributed by atoms with E-state index in [2.05, 4.69) is 33.0 Å². The van der Waals surface area contributed by atoms with Crippen LogP contribution < -0.4 is 10.6 Å². The van der Waals surface area contributed by atoms with Gasteiger partial charge in [0.05, 0.1) is 12.6 Å². The Balaban J connectivity index is 1.52. The zero-order valence-corrected chi connectivity index (χ0v) is 14.3. The molecule has 3 aromatic rings. The predicted molar refractivity (Wildman–Crippen MR) is 93.9 cm³/mol. The molecule has 130 valence electrons. The van der Waals surface area contributed by atoms with Gasteiger partial charge in [0.25, 0.3) is 0 Å². The van der Waals surface area contributed by atoms with Gasteiger partial charge in [0.15, 0.2) is 5.82 Å². The van der Waals surface area contributed by atoms with Gasteiger partial charge in [0, 0.05) is 25.0 Å². The van der Waals surface area contributed by atoms with Gasteiger partial charge in [0.1, 0.15) is 5.76 Å². The van der Waals surface area contributed by atoms with Gasteiger partial charge in [-0.3, -0.25) is 9.48 Å². The molecule has 3 rings (SSSR count). The van der Waals surface area contributed by atoms with Crippen LogP contribution in [0.3, 0.4) is 0 Å². The Morgan fingerprint density at radius 3 is 2.84 bits per heavy atom. The molecule has 1 amide bonds. The highest BCUT2D eigenvalue weighted by Gasteiger charge is 2.14. The van der Waals surface area contributed by atoms with Gasteiger partial charge in [-0.1, -0.05) is 29.4 Å². The Morgan fingerprint density at radius 2 is 2.12 bits per heavy atom. The van der Waals surface area contributed by atoms with Crippen LogP contribution in [0.15, 0.2) is 53.3 Å². The average molecular weight is 339 g/mol. The van der Waals surface area contributed by atoms with Gasteiger partial charge in [-0.05, 0) is 31.0 Å². The molecule has 2 heterocycles. The van der Waals surface area contributed by atoms with Crippen molar-refractivity contribution in [2.75, 3.05) is 5.32 Å². The average Bonchev–Trinajstić information content (AvgIpc) is 3.25. The molecule has 0 aliphatic rings. The number of rotatable bonds is 7. The number of carbonyl (C=O) groups excluding carboxylic acids is 1. The summed E-state index contributed by atoms with van der Waals surface area (Å²) in [5.74, 6) is 0.934. The third kappa shape index (κ3) is 4.77. The van der Waals surface area contributed by atoms with E-state index in [9.17, 15) is 4.79 Å². The largest absolute Gasteiger partial charge is 0.360 e. The zero-order valence-electron chi connectivity index (χ0n) is 14.3. The molecule has 7 nitrogen and oxygen atoms in total. The fourth-order valence-corrected chi connectivity index (χ4v) is 2.44. The Bertz CT molecular complexity index is 826. The van der Waals surface area contributed by atoms with Crippen LogP contribution in [0.25, 0.3) is 0 Å². The summed E-state index contributed by atoms with van der Waals surface area (Å²) in [6, 6.07) is 11.5. The molecule has 2 N–H and O–H groups in total. The molecule has 0 aliphatic carbocycles. The number of nitrogens with one attached hydrogen (secondary N) is 2. The summed E-state index contributed by atoms with van der Waals surface area (Å²) in [6.07, 6.45) is 3.70. The Hall–Kier alpha value is -2.93. The quantitative estimate of drug-likeness (QED) is 0.690. The third-order valence-electron chi connectivity index (χ3n) is 3.78.